The standard InChI is InChI=1S/C14H12BrF2NS/c1-18-8-9-6-12(16)14(13(17)7-9)19-11-4-2-10(15)3-5-11/h2-7,18H,8H2,1H3. The second kappa shape index (κ2) is 6.50. The van der Waals surface area contributed by atoms with E-state index in [0.717, 1.165) is 21.1 Å². The summed E-state index contributed by atoms with van der Waals surface area (Å²) < 4.78 is 28.7. The van der Waals surface area contributed by atoms with Crippen LogP contribution in [0.3, 0.4) is 0 Å². The van der Waals surface area contributed by atoms with Gasteiger partial charge in [0.2, 0.25) is 0 Å². The minimum Gasteiger partial charge on any atom is -0.316 e. The molecule has 0 saturated heterocycles. The minimum atomic E-state index is -0.529. The highest BCUT2D eigenvalue weighted by Gasteiger charge is 2.12. The number of hydrogen-bond acceptors (Lipinski definition) is 2. The Morgan fingerprint density at radius 3 is 2.21 bits per heavy atom. The molecule has 0 aliphatic heterocycles. The molecule has 100 valence electrons. The first kappa shape index (κ1) is 14.5. The Morgan fingerprint density at radius 2 is 1.68 bits per heavy atom. The molecule has 2 aromatic rings. The van der Waals surface area contributed by atoms with Gasteiger partial charge >= 0.3 is 0 Å². The molecule has 0 heterocycles. The zero-order valence-corrected chi connectivity index (χ0v) is 12.6. The lowest BCUT2D eigenvalue weighted by Crippen LogP contribution is -2.06. The number of nitrogens with one attached hydrogen (secondary N) is 1. The summed E-state index contributed by atoms with van der Waals surface area (Å²) in [6.45, 7) is 0.442. The van der Waals surface area contributed by atoms with E-state index in [-0.39, 0.29) is 4.90 Å². The molecule has 19 heavy (non-hydrogen) atoms. The van der Waals surface area contributed by atoms with E-state index in [1.165, 1.54) is 12.1 Å². The van der Waals surface area contributed by atoms with E-state index in [1.807, 2.05) is 24.3 Å². The van der Waals surface area contributed by atoms with Gasteiger partial charge in [0.1, 0.15) is 11.6 Å². The molecule has 0 atom stereocenters. The van der Waals surface area contributed by atoms with E-state index in [4.69, 9.17) is 0 Å². The molecule has 0 fully saturated rings. The first-order chi connectivity index (χ1) is 9.10. The second-order valence-corrected chi connectivity index (χ2v) is 5.97. The van der Waals surface area contributed by atoms with Crippen molar-refractivity contribution in [2.45, 2.75) is 16.3 Å². The normalized spacial score (nSPS) is 10.7. The maximum Gasteiger partial charge on any atom is 0.140 e. The second-order valence-electron chi connectivity index (χ2n) is 3.97. The van der Waals surface area contributed by atoms with Crippen LogP contribution in [0.5, 0.6) is 0 Å². The monoisotopic (exact) mass is 343 g/mol. The Balaban J connectivity index is 2.27. The number of halogens is 3. The Labute approximate surface area is 123 Å². The lowest BCUT2D eigenvalue weighted by Gasteiger charge is -2.08. The Hall–Kier alpha value is -0.910. The van der Waals surface area contributed by atoms with Crippen LogP contribution in [0.15, 0.2) is 50.7 Å². The third kappa shape index (κ3) is 3.78. The maximum atomic E-state index is 13.9. The third-order valence-electron chi connectivity index (χ3n) is 2.47. The van der Waals surface area contributed by atoms with Crippen LogP contribution in [0.25, 0.3) is 0 Å². The predicted molar refractivity (Wildman–Crippen MR) is 77.4 cm³/mol. The smallest absolute Gasteiger partial charge is 0.140 e. The van der Waals surface area contributed by atoms with Crippen LogP contribution in [0.4, 0.5) is 8.78 Å². The van der Waals surface area contributed by atoms with Gasteiger partial charge in [-0.1, -0.05) is 27.7 Å². The first-order valence-electron chi connectivity index (χ1n) is 5.66. The van der Waals surface area contributed by atoms with Crippen LogP contribution in [-0.4, -0.2) is 7.05 Å². The van der Waals surface area contributed by atoms with Crippen molar-refractivity contribution in [3.63, 3.8) is 0 Å². The fourth-order valence-electron chi connectivity index (χ4n) is 1.64. The molecule has 0 aromatic heterocycles. The summed E-state index contributed by atoms with van der Waals surface area (Å²) in [6.07, 6.45) is 0. The van der Waals surface area contributed by atoms with Crippen molar-refractivity contribution in [2.75, 3.05) is 7.05 Å². The van der Waals surface area contributed by atoms with Crippen molar-refractivity contribution in [1.29, 1.82) is 0 Å². The third-order valence-corrected chi connectivity index (χ3v) is 4.10. The maximum absolute atomic E-state index is 13.9. The van der Waals surface area contributed by atoms with E-state index in [0.29, 0.717) is 12.1 Å². The van der Waals surface area contributed by atoms with E-state index >= 15 is 0 Å². The van der Waals surface area contributed by atoms with Gasteiger partial charge < -0.3 is 5.32 Å². The van der Waals surface area contributed by atoms with E-state index in [9.17, 15) is 8.78 Å². The lowest BCUT2D eigenvalue weighted by molar-refractivity contribution is 0.536. The van der Waals surface area contributed by atoms with Crippen LogP contribution < -0.4 is 5.32 Å². The minimum absolute atomic E-state index is 0.0298. The molecule has 0 aliphatic rings. The van der Waals surface area contributed by atoms with Gasteiger partial charge in [0.15, 0.2) is 0 Å². The summed E-state index contributed by atoms with van der Waals surface area (Å²) in [5.41, 5.74) is 0.595. The van der Waals surface area contributed by atoms with Gasteiger partial charge in [0.05, 0.1) is 4.90 Å². The number of hydrogen-bond donors (Lipinski definition) is 1. The molecule has 0 bridgehead atoms. The van der Waals surface area contributed by atoms with Crippen LogP contribution in [0.1, 0.15) is 5.56 Å². The highest BCUT2D eigenvalue weighted by molar-refractivity contribution is 9.10. The van der Waals surface area contributed by atoms with Crippen molar-refractivity contribution >= 4 is 27.7 Å². The number of rotatable bonds is 4. The zero-order valence-electron chi connectivity index (χ0n) is 10.2. The molecule has 0 aliphatic carbocycles. The topological polar surface area (TPSA) is 12.0 Å². The molecular formula is C14H12BrF2NS. The average molecular weight is 344 g/mol. The van der Waals surface area contributed by atoms with Crippen molar-refractivity contribution in [1.82, 2.24) is 5.32 Å². The summed E-state index contributed by atoms with van der Waals surface area (Å²) in [5, 5.41) is 2.87. The summed E-state index contributed by atoms with van der Waals surface area (Å²) in [6, 6.07) is 10.0. The number of benzene rings is 2. The van der Waals surface area contributed by atoms with Crippen molar-refractivity contribution < 1.29 is 8.78 Å². The summed E-state index contributed by atoms with van der Waals surface area (Å²) >= 11 is 4.41. The molecular weight excluding hydrogens is 332 g/mol. The molecule has 5 heteroatoms. The Morgan fingerprint density at radius 1 is 1.11 bits per heavy atom. The van der Waals surface area contributed by atoms with E-state index in [2.05, 4.69) is 21.2 Å². The van der Waals surface area contributed by atoms with E-state index in [1.54, 1.807) is 7.05 Å². The highest BCUT2D eigenvalue weighted by Crippen LogP contribution is 2.33. The molecule has 1 nitrogen and oxygen atoms in total. The van der Waals surface area contributed by atoms with Crippen molar-refractivity contribution in [3.8, 4) is 0 Å². The molecule has 0 amide bonds. The Bertz CT molecular complexity index is 549. The SMILES string of the molecule is CNCc1cc(F)c(Sc2ccc(Br)cc2)c(F)c1. The van der Waals surface area contributed by atoms with Crippen molar-refractivity contribution in [2.24, 2.45) is 0 Å². The van der Waals surface area contributed by atoms with E-state index < -0.39 is 11.6 Å². The molecule has 2 aromatic carbocycles. The summed E-state index contributed by atoms with van der Waals surface area (Å²) in [7, 11) is 1.74. The van der Waals surface area contributed by atoms with Gasteiger partial charge in [-0.2, -0.15) is 0 Å². The van der Waals surface area contributed by atoms with Gasteiger partial charge in [-0.05, 0) is 49.0 Å². The first-order valence-corrected chi connectivity index (χ1v) is 7.27. The Kier molecular flexibility index (Phi) is 4.96. The zero-order chi connectivity index (χ0) is 13.8. The van der Waals surface area contributed by atoms with Gasteiger partial charge in [-0.3, -0.25) is 0 Å². The molecule has 2 rings (SSSR count). The quantitative estimate of drug-likeness (QED) is 0.870. The largest absolute Gasteiger partial charge is 0.316 e. The summed E-state index contributed by atoms with van der Waals surface area (Å²) in [5.74, 6) is -1.06. The van der Waals surface area contributed by atoms with Gasteiger partial charge in [-0.25, -0.2) is 8.78 Å². The van der Waals surface area contributed by atoms with Gasteiger partial charge in [-0.15, -0.1) is 0 Å². The molecule has 0 spiro atoms. The predicted octanol–water partition coefficient (Wildman–Crippen LogP) is 4.60. The lowest BCUT2D eigenvalue weighted by atomic mass is 10.2. The molecule has 0 saturated carbocycles. The van der Waals surface area contributed by atoms with Gasteiger partial charge in [0.25, 0.3) is 0 Å². The van der Waals surface area contributed by atoms with Crippen LogP contribution in [0.2, 0.25) is 0 Å². The van der Waals surface area contributed by atoms with Crippen LogP contribution in [-0.2, 0) is 6.54 Å². The molecule has 0 radical (unpaired) electrons. The molecule has 0 unspecified atom stereocenters. The summed E-state index contributed by atoms with van der Waals surface area (Å²) in [4.78, 5) is 0.824. The molecule has 1 N–H and O–H groups in total. The van der Waals surface area contributed by atoms with Crippen molar-refractivity contribution in [3.05, 3.63) is 58.1 Å². The highest BCUT2D eigenvalue weighted by atomic mass is 79.9. The average Bonchev–Trinajstić information content (AvgIpc) is 2.36. The fraction of sp³-hybridized carbons (Fsp3) is 0.143. The fourth-order valence-corrected chi connectivity index (χ4v) is 2.72. The van der Waals surface area contributed by atoms with Crippen LogP contribution in [0, 0.1) is 11.6 Å². The van der Waals surface area contributed by atoms with Crippen LogP contribution >= 0.6 is 27.7 Å². The van der Waals surface area contributed by atoms with Gasteiger partial charge in [0, 0.05) is 15.9 Å².